The first-order valence-corrected chi connectivity index (χ1v) is 13.0. The molecule has 0 bridgehead atoms. The van der Waals surface area contributed by atoms with Gasteiger partial charge in [0.15, 0.2) is 0 Å². The molecule has 4 rings (SSSR count). The van der Waals surface area contributed by atoms with Gasteiger partial charge in [0.05, 0.1) is 28.8 Å². The predicted molar refractivity (Wildman–Crippen MR) is 142 cm³/mol. The van der Waals surface area contributed by atoms with E-state index in [9.17, 15) is 22.7 Å². The molecule has 0 spiro atoms. The van der Waals surface area contributed by atoms with Crippen LogP contribution in [0.2, 0.25) is 0 Å². The number of benzene rings is 2. The zero-order valence-electron chi connectivity index (χ0n) is 21.1. The smallest absolute Gasteiger partial charge is 0.335 e. The summed E-state index contributed by atoms with van der Waals surface area (Å²) in [5, 5.41) is 12.2. The summed E-state index contributed by atoms with van der Waals surface area (Å²) in [5.74, 6) is -1.37. The molecule has 0 aliphatic carbocycles. The molecule has 0 aliphatic heterocycles. The first-order valence-electron chi connectivity index (χ1n) is 12.0. The van der Waals surface area contributed by atoms with Crippen LogP contribution in [0.1, 0.15) is 38.9 Å². The Labute approximate surface area is 225 Å². The molecular formula is C27H26FN3O7S. The number of nitrogens with one attached hydrogen (secondary N) is 1. The quantitative estimate of drug-likeness (QED) is 0.233. The first-order chi connectivity index (χ1) is 18.7. The fraction of sp³-hybridized carbons (Fsp3) is 0.222. The number of furan rings is 1. The van der Waals surface area contributed by atoms with E-state index in [1.165, 1.54) is 47.8 Å². The third kappa shape index (κ3) is 6.30. The number of rotatable bonds is 11. The number of aromatic carboxylic acids is 1. The Kier molecular flexibility index (Phi) is 8.69. The Bertz CT molecular complexity index is 1540. The lowest BCUT2D eigenvalue weighted by atomic mass is 10.0. The molecule has 0 fully saturated rings. The van der Waals surface area contributed by atoms with Crippen molar-refractivity contribution in [3.8, 4) is 17.1 Å². The van der Waals surface area contributed by atoms with Crippen molar-refractivity contribution in [3.63, 3.8) is 0 Å². The molecule has 1 unspecified atom stereocenters. The standard InChI is InChI=1S/C27H26FN3O7S/c1-3-16-14-21-23(25(32)29-2)24(17-7-9-19(28)10-8-17)38-26(21)30-22(16)15-31(39(35)36)11-12-37-20-6-4-5-18(13-20)27(33)34/h4-10,13-14H,3,11-12,15H2,1-2H3,(H,29,32)(H,33,34)(H,35,36). The number of fused-ring (bicyclic) bond motifs is 1. The lowest BCUT2D eigenvalue weighted by Crippen LogP contribution is -2.30. The van der Waals surface area contributed by atoms with Crippen molar-refractivity contribution in [2.45, 2.75) is 19.9 Å². The molecule has 1 atom stereocenters. The molecule has 2 heterocycles. The van der Waals surface area contributed by atoms with Gasteiger partial charge in [-0.2, -0.15) is 4.31 Å². The van der Waals surface area contributed by atoms with Gasteiger partial charge in [-0.25, -0.2) is 18.4 Å². The van der Waals surface area contributed by atoms with E-state index in [1.54, 1.807) is 18.2 Å². The van der Waals surface area contributed by atoms with Crippen LogP contribution < -0.4 is 10.1 Å². The Morgan fingerprint density at radius 3 is 2.56 bits per heavy atom. The maximum Gasteiger partial charge on any atom is 0.335 e. The average Bonchev–Trinajstić information content (AvgIpc) is 3.30. The van der Waals surface area contributed by atoms with Gasteiger partial charge in [0.2, 0.25) is 17.0 Å². The van der Waals surface area contributed by atoms with E-state index in [-0.39, 0.29) is 42.3 Å². The van der Waals surface area contributed by atoms with Crippen LogP contribution in [0.4, 0.5) is 4.39 Å². The van der Waals surface area contributed by atoms with E-state index in [0.29, 0.717) is 28.8 Å². The second-order valence-corrected chi connectivity index (χ2v) is 9.45. The van der Waals surface area contributed by atoms with Gasteiger partial charge in [-0.1, -0.05) is 13.0 Å². The Hall–Kier alpha value is -4.13. The van der Waals surface area contributed by atoms with Gasteiger partial charge in [0, 0.05) is 19.2 Å². The van der Waals surface area contributed by atoms with Crippen LogP contribution in [0.25, 0.3) is 22.4 Å². The van der Waals surface area contributed by atoms with Gasteiger partial charge in [-0.15, -0.1) is 0 Å². The molecule has 0 saturated heterocycles. The highest BCUT2D eigenvalue weighted by Gasteiger charge is 2.25. The largest absolute Gasteiger partial charge is 0.492 e. The van der Waals surface area contributed by atoms with Crippen LogP contribution in [0.5, 0.6) is 5.75 Å². The lowest BCUT2D eigenvalue weighted by Gasteiger charge is -2.19. The molecule has 1 amide bonds. The van der Waals surface area contributed by atoms with Crippen LogP contribution in [-0.2, 0) is 24.2 Å². The number of carboxylic acids is 1. The van der Waals surface area contributed by atoms with Crippen molar-refractivity contribution in [1.29, 1.82) is 0 Å². The maximum atomic E-state index is 13.5. The van der Waals surface area contributed by atoms with Gasteiger partial charge >= 0.3 is 5.97 Å². The zero-order chi connectivity index (χ0) is 28.1. The molecule has 39 heavy (non-hydrogen) atoms. The Morgan fingerprint density at radius 1 is 1.18 bits per heavy atom. The number of amides is 1. The fourth-order valence-electron chi connectivity index (χ4n) is 4.06. The third-order valence-electron chi connectivity index (χ3n) is 6.03. The van der Waals surface area contributed by atoms with Gasteiger partial charge in [-0.3, -0.25) is 9.35 Å². The van der Waals surface area contributed by atoms with E-state index in [2.05, 4.69) is 10.3 Å². The fourth-order valence-corrected chi connectivity index (χ4v) is 4.53. The molecule has 0 radical (unpaired) electrons. The monoisotopic (exact) mass is 555 g/mol. The number of hydrogen-bond acceptors (Lipinski definition) is 6. The number of carboxylic acid groups (broad SMARTS) is 1. The molecular weight excluding hydrogens is 529 g/mol. The van der Waals surface area contributed by atoms with E-state index in [1.807, 2.05) is 6.92 Å². The van der Waals surface area contributed by atoms with Crippen molar-refractivity contribution in [2.75, 3.05) is 20.2 Å². The summed E-state index contributed by atoms with van der Waals surface area (Å²) in [7, 11) is 1.49. The van der Waals surface area contributed by atoms with E-state index in [4.69, 9.17) is 14.3 Å². The van der Waals surface area contributed by atoms with Crippen molar-refractivity contribution in [2.24, 2.45) is 0 Å². The van der Waals surface area contributed by atoms with Crippen LogP contribution in [0.3, 0.4) is 0 Å². The van der Waals surface area contributed by atoms with Crippen LogP contribution in [0.15, 0.2) is 59.0 Å². The molecule has 2 aromatic heterocycles. The van der Waals surface area contributed by atoms with Gasteiger partial charge in [0.25, 0.3) is 5.91 Å². The van der Waals surface area contributed by atoms with E-state index < -0.39 is 29.0 Å². The number of nitrogens with zero attached hydrogens (tertiary/aromatic N) is 2. The van der Waals surface area contributed by atoms with E-state index in [0.717, 1.165) is 5.56 Å². The maximum absolute atomic E-state index is 13.5. The molecule has 0 aliphatic rings. The molecule has 2 aromatic carbocycles. The number of aromatic nitrogens is 1. The summed E-state index contributed by atoms with van der Waals surface area (Å²) in [6.07, 6.45) is 0.521. The normalized spacial score (nSPS) is 12.0. The summed E-state index contributed by atoms with van der Waals surface area (Å²) in [5.41, 5.74) is 2.19. The number of ether oxygens (including phenoxy) is 1. The number of carbonyl (C=O) groups excluding carboxylic acids is 1. The number of carbonyl (C=O) groups is 2. The van der Waals surface area contributed by atoms with Crippen molar-refractivity contribution in [1.82, 2.24) is 14.6 Å². The number of pyridine rings is 1. The highest BCUT2D eigenvalue weighted by Crippen LogP contribution is 2.34. The number of halogens is 1. The van der Waals surface area contributed by atoms with Gasteiger partial charge in [-0.05, 0) is 60.5 Å². The van der Waals surface area contributed by atoms with Gasteiger partial charge in [0.1, 0.15) is 23.9 Å². The minimum absolute atomic E-state index is 0.00929. The second-order valence-electron chi connectivity index (χ2n) is 8.47. The van der Waals surface area contributed by atoms with Crippen molar-refractivity contribution < 1.29 is 37.0 Å². The zero-order valence-corrected chi connectivity index (χ0v) is 22.0. The molecule has 4 aromatic rings. The summed E-state index contributed by atoms with van der Waals surface area (Å²) in [6.45, 7) is 1.91. The molecule has 10 nitrogen and oxygen atoms in total. The first kappa shape index (κ1) is 27.9. The molecule has 3 N–H and O–H groups in total. The Morgan fingerprint density at radius 2 is 1.92 bits per heavy atom. The third-order valence-corrected chi connectivity index (χ3v) is 6.78. The minimum atomic E-state index is -2.37. The topological polar surface area (TPSA) is 142 Å². The number of aryl methyl sites for hydroxylation is 1. The minimum Gasteiger partial charge on any atom is -0.492 e. The molecule has 0 saturated carbocycles. The van der Waals surface area contributed by atoms with Crippen LogP contribution in [-0.4, -0.2) is 55.2 Å². The highest BCUT2D eigenvalue weighted by molar-refractivity contribution is 7.76. The summed E-state index contributed by atoms with van der Waals surface area (Å²) < 4.78 is 48.3. The van der Waals surface area contributed by atoms with Crippen LogP contribution in [0, 0.1) is 5.82 Å². The molecule has 204 valence electrons. The average molecular weight is 556 g/mol. The predicted octanol–water partition coefficient (Wildman–Crippen LogP) is 4.27. The summed E-state index contributed by atoms with van der Waals surface area (Å²) >= 11 is -2.37. The number of hydrogen-bond donors (Lipinski definition) is 3. The summed E-state index contributed by atoms with van der Waals surface area (Å²) in [4.78, 5) is 28.5. The molecule has 12 heteroatoms. The van der Waals surface area contributed by atoms with E-state index >= 15 is 0 Å². The summed E-state index contributed by atoms with van der Waals surface area (Å²) in [6, 6.07) is 13.2. The second kappa shape index (κ2) is 12.2. The van der Waals surface area contributed by atoms with Crippen LogP contribution >= 0.6 is 0 Å². The van der Waals surface area contributed by atoms with Crippen molar-refractivity contribution in [3.05, 3.63) is 82.8 Å². The van der Waals surface area contributed by atoms with Gasteiger partial charge < -0.3 is 19.6 Å². The lowest BCUT2D eigenvalue weighted by molar-refractivity contribution is 0.0696. The SMILES string of the molecule is CCc1cc2c(C(=O)NC)c(-c3ccc(F)cc3)oc2nc1CN(CCOc1cccc(C(=O)O)c1)S(=O)O. The van der Waals surface area contributed by atoms with Crippen molar-refractivity contribution >= 4 is 34.2 Å². The highest BCUT2D eigenvalue weighted by atomic mass is 32.2. The Balaban J connectivity index is 1.63.